The number of unbranched alkanes of at least 4 members (excludes halogenated alkanes) is 2. The second kappa shape index (κ2) is 10.7. The van der Waals surface area contributed by atoms with Crippen molar-refractivity contribution in [3.63, 3.8) is 0 Å². The molecule has 4 nitrogen and oxygen atoms in total. The first-order valence-electron chi connectivity index (χ1n) is 9.85. The molecule has 3 aromatic rings. The Hall–Kier alpha value is -2.73. The fourth-order valence-electron chi connectivity index (χ4n) is 2.90. The minimum Gasteiger partial charge on any atom is -0.490 e. The maximum absolute atomic E-state index is 14.7. The molecule has 2 aromatic carbocycles. The lowest BCUT2D eigenvalue weighted by molar-refractivity contribution is -0.115. The number of benzene rings is 2. The quantitative estimate of drug-likeness (QED) is 0.322. The van der Waals surface area contributed by atoms with Crippen LogP contribution in [0.15, 0.2) is 54.1 Å². The summed E-state index contributed by atoms with van der Waals surface area (Å²) in [6, 6.07) is 10.4. The number of anilines is 1. The molecule has 0 saturated carbocycles. The molecule has 0 spiro atoms. The average Bonchev–Trinajstić information content (AvgIpc) is 3.17. The number of carbonyl (C=O) groups is 1. The van der Waals surface area contributed by atoms with Gasteiger partial charge in [0.2, 0.25) is 5.91 Å². The molecule has 6 heteroatoms. The van der Waals surface area contributed by atoms with Gasteiger partial charge in [-0.3, -0.25) is 4.79 Å². The molecule has 0 radical (unpaired) electrons. The number of nitrogens with zero attached hydrogens (tertiary/aromatic N) is 1. The number of allylic oxidation sites excluding steroid dienone is 2. The lowest BCUT2D eigenvalue weighted by Gasteiger charge is -2.10. The van der Waals surface area contributed by atoms with Crippen molar-refractivity contribution < 1.29 is 13.9 Å². The Bertz CT molecular complexity index is 984. The van der Waals surface area contributed by atoms with Gasteiger partial charge >= 0.3 is 0 Å². The topological polar surface area (TPSA) is 51.2 Å². The molecule has 0 atom stereocenters. The van der Waals surface area contributed by atoms with E-state index in [4.69, 9.17) is 4.74 Å². The molecule has 3 rings (SSSR count). The van der Waals surface area contributed by atoms with E-state index in [1.165, 1.54) is 11.3 Å². The normalized spacial score (nSPS) is 11.2. The predicted octanol–water partition coefficient (Wildman–Crippen LogP) is 6.13. The molecular formula is C23H25FN2O2S. The summed E-state index contributed by atoms with van der Waals surface area (Å²) in [6.45, 7) is 2.58. The van der Waals surface area contributed by atoms with Gasteiger partial charge in [0.1, 0.15) is 0 Å². The van der Waals surface area contributed by atoms with Gasteiger partial charge in [-0.15, -0.1) is 11.3 Å². The van der Waals surface area contributed by atoms with Crippen molar-refractivity contribution in [2.45, 2.75) is 39.0 Å². The number of carbonyl (C=O) groups excluding carboxylic acids is 1. The fraction of sp³-hybridized carbons (Fsp3) is 0.304. The highest BCUT2D eigenvalue weighted by Gasteiger charge is 2.13. The molecule has 152 valence electrons. The summed E-state index contributed by atoms with van der Waals surface area (Å²) >= 11 is 1.51. The second-order valence-electron chi connectivity index (χ2n) is 6.74. The van der Waals surface area contributed by atoms with Crippen LogP contribution in [0.2, 0.25) is 0 Å². The molecule has 29 heavy (non-hydrogen) atoms. The van der Waals surface area contributed by atoms with Crippen molar-refractivity contribution in [1.29, 1.82) is 0 Å². The van der Waals surface area contributed by atoms with Crippen molar-refractivity contribution >= 4 is 33.1 Å². The molecule has 1 aromatic heterocycles. The summed E-state index contributed by atoms with van der Waals surface area (Å²) in [6.07, 6.45) is 8.19. The van der Waals surface area contributed by atoms with E-state index in [-0.39, 0.29) is 18.1 Å². The number of hydrogen-bond donors (Lipinski definition) is 1. The molecule has 1 amide bonds. The highest BCUT2D eigenvalue weighted by atomic mass is 32.1. The van der Waals surface area contributed by atoms with E-state index in [1.54, 1.807) is 29.8 Å². The highest BCUT2D eigenvalue weighted by Crippen LogP contribution is 2.24. The van der Waals surface area contributed by atoms with Crippen LogP contribution >= 0.6 is 11.3 Å². The molecule has 1 N–H and O–H groups in total. The molecule has 0 fully saturated rings. The predicted molar refractivity (Wildman–Crippen MR) is 117 cm³/mol. The van der Waals surface area contributed by atoms with Crippen LogP contribution in [0.4, 0.5) is 10.1 Å². The Morgan fingerprint density at radius 1 is 1.24 bits per heavy atom. The minimum absolute atomic E-state index is 0.0521. The highest BCUT2D eigenvalue weighted by molar-refractivity contribution is 7.16. The van der Waals surface area contributed by atoms with Gasteiger partial charge in [0.05, 0.1) is 28.8 Å². The van der Waals surface area contributed by atoms with Crippen LogP contribution in [0, 0.1) is 5.82 Å². The summed E-state index contributed by atoms with van der Waals surface area (Å²) in [5.41, 5.74) is 3.65. The molecule has 0 bridgehead atoms. The number of aromatic nitrogens is 1. The van der Waals surface area contributed by atoms with Crippen LogP contribution in [0.5, 0.6) is 5.75 Å². The van der Waals surface area contributed by atoms with Crippen molar-refractivity contribution in [2.75, 3.05) is 11.9 Å². The van der Waals surface area contributed by atoms with Gasteiger partial charge in [-0.25, -0.2) is 9.37 Å². The lowest BCUT2D eigenvalue weighted by atomic mass is 10.1. The Morgan fingerprint density at radius 2 is 2.10 bits per heavy atom. The first kappa shape index (κ1) is 21.0. The van der Waals surface area contributed by atoms with Gasteiger partial charge in [-0.05, 0) is 43.5 Å². The molecule has 0 aliphatic carbocycles. The van der Waals surface area contributed by atoms with Gasteiger partial charge in [-0.1, -0.05) is 37.6 Å². The number of amides is 1. The van der Waals surface area contributed by atoms with E-state index in [0.717, 1.165) is 35.9 Å². The summed E-state index contributed by atoms with van der Waals surface area (Å²) < 4.78 is 21.3. The van der Waals surface area contributed by atoms with Crippen LogP contribution in [0.25, 0.3) is 10.2 Å². The van der Waals surface area contributed by atoms with Gasteiger partial charge in [0, 0.05) is 11.3 Å². The molecule has 0 unspecified atom stereocenters. The Labute approximate surface area is 174 Å². The van der Waals surface area contributed by atoms with Gasteiger partial charge in [-0.2, -0.15) is 0 Å². The van der Waals surface area contributed by atoms with Crippen LogP contribution < -0.4 is 10.1 Å². The van der Waals surface area contributed by atoms with Crippen molar-refractivity contribution in [3.8, 4) is 5.75 Å². The lowest BCUT2D eigenvalue weighted by Crippen LogP contribution is -2.15. The Balaban J connectivity index is 1.53. The van der Waals surface area contributed by atoms with E-state index in [1.807, 2.05) is 12.1 Å². The largest absolute Gasteiger partial charge is 0.490 e. The number of nitrogens with one attached hydrogen (secondary N) is 1. The summed E-state index contributed by atoms with van der Waals surface area (Å²) in [7, 11) is 0. The maximum Gasteiger partial charge on any atom is 0.228 e. The number of fused-ring (bicyclic) bond motifs is 1. The average molecular weight is 413 g/mol. The number of rotatable bonds is 10. The van der Waals surface area contributed by atoms with E-state index < -0.39 is 5.82 Å². The van der Waals surface area contributed by atoms with Gasteiger partial charge in [0.15, 0.2) is 11.6 Å². The third kappa shape index (κ3) is 6.12. The SMILES string of the molecule is CCC/C=C/CCCOc1cccc(CC(=O)Nc2ccc3ncsc3c2)c1F. The monoisotopic (exact) mass is 412 g/mol. The number of ether oxygens (including phenoxy) is 1. The maximum atomic E-state index is 14.7. The van der Waals surface area contributed by atoms with E-state index >= 15 is 0 Å². The van der Waals surface area contributed by atoms with E-state index in [2.05, 4.69) is 29.4 Å². The van der Waals surface area contributed by atoms with Crippen molar-refractivity contribution in [1.82, 2.24) is 4.98 Å². The third-order valence-corrected chi connectivity index (χ3v) is 5.20. The molecular weight excluding hydrogens is 387 g/mol. The zero-order chi connectivity index (χ0) is 20.5. The van der Waals surface area contributed by atoms with Crippen LogP contribution in [0.3, 0.4) is 0 Å². The first-order valence-corrected chi connectivity index (χ1v) is 10.7. The van der Waals surface area contributed by atoms with Gasteiger partial charge in [0.25, 0.3) is 0 Å². The zero-order valence-corrected chi connectivity index (χ0v) is 17.3. The van der Waals surface area contributed by atoms with E-state index in [9.17, 15) is 9.18 Å². The summed E-state index contributed by atoms with van der Waals surface area (Å²) in [5, 5.41) is 2.82. The van der Waals surface area contributed by atoms with Crippen LogP contribution in [-0.2, 0) is 11.2 Å². The summed E-state index contributed by atoms with van der Waals surface area (Å²) in [4.78, 5) is 16.6. The standard InChI is InChI=1S/C23H25FN2O2S/c1-2-3-4-5-6-7-13-28-20-10-8-9-17(23(20)24)14-22(27)26-18-11-12-19-21(15-18)29-16-25-19/h4-5,8-12,15-16H,2-3,6-7,13-14H2,1H3,(H,26,27)/b5-4+. The van der Waals surface area contributed by atoms with E-state index in [0.29, 0.717) is 17.9 Å². The summed E-state index contributed by atoms with van der Waals surface area (Å²) in [5.74, 6) is -0.549. The number of halogens is 1. The second-order valence-corrected chi connectivity index (χ2v) is 7.63. The zero-order valence-electron chi connectivity index (χ0n) is 16.5. The number of hydrogen-bond acceptors (Lipinski definition) is 4. The smallest absolute Gasteiger partial charge is 0.228 e. The Morgan fingerprint density at radius 3 is 2.97 bits per heavy atom. The molecule has 1 heterocycles. The fourth-order valence-corrected chi connectivity index (χ4v) is 3.62. The molecule has 0 aliphatic rings. The van der Waals surface area contributed by atoms with Crippen LogP contribution in [0.1, 0.15) is 38.2 Å². The van der Waals surface area contributed by atoms with Gasteiger partial charge < -0.3 is 10.1 Å². The van der Waals surface area contributed by atoms with Crippen LogP contribution in [-0.4, -0.2) is 17.5 Å². The first-order chi connectivity index (χ1) is 14.2. The van der Waals surface area contributed by atoms with Crippen molar-refractivity contribution in [3.05, 3.63) is 65.4 Å². The van der Waals surface area contributed by atoms with Crippen molar-refractivity contribution in [2.24, 2.45) is 0 Å². The minimum atomic E-state index is -0.470. The Kier molecular flexibility index (Phi) is 7.76. The molecule has 0 saturated heterocycles. The number of thiazole rings is 1. The molecule has 0 aliphatic heterocycles. The third-order valence-electron chi connectivity index (χ3n) is 4.40.